The van der Waals surface area contributed by atoms with Gasteiger partial charge in [-0.2, -0.15) is 0 Å². The Morgan fingerprint density at radius 2 is 1.34 bits per heavy atom. The summed E-state index contributed by atoms with van der Waals surface area (Å²) in [7, 11) is 0. The fourth-order valence-electron chi connectivity index (χ4n) is 2.94. The molecule has 0 amide bonds. The fourth-order valence-corrected chi connectivity index (χ4v) is 2.94. The molecule has 32 heavy (non-hydrogen) atoms. The number of aliphatic hydroxyl groups excluding tert-OH is 2. The van der Waals surface area contributed by atoms with Gasteiger partial charge in [0, 0.05) is 0 Å². The lowest BCUT2D eigenvalue weighted by Gasteiger charge is -2.31. The Morgan fingerprint density at radius 3 is 1.84 bits per heavy atom. The standard InChI is InChI=1S/C24H30O8/c1-17(31-23(27)19-9-5-3-6-10-19)16-30-18(2)22(21(15-26)29-14-13-25)32-24(28)20-11-7-4-8-12-20/h3-12,17-18,21-22,25-26H,13-16H2,1-2H3. The molecule has 0 saturated heterocycles. The number of aliphatic hydroxyl groups is 2. The molecule has 0 saturated carbocycles. The topological polar surface area (TPSA) is 112 Å². The summed E-state index contributed by atoms with van der Waals surface area (Å²) in [5, 5.41) is 18.8. The van der Waals surface area contributed by atoms with Crippen LogP contribution in [0.5, 0.6) is 0 Å². The Morgan fingerprint density at radius 1 is 0.812 bits per heavy atom. The SMILES string of the molecule is CC(COC(C)C(OC(=O)c1ccccc1)C(CO)OCCO)OC(=O)c1ccccc1. The van der Waals surface area contributed by atoms with Gasteiger partial charge in [-0.1, -0.05) is 36.4 Å². The first kappa shape index (κ1) is 25.5. The number of esters is 2. The first-order valence-electron chi connectivity index (χ1n) is 10.4. The Bertz CT molecular complexity index is 811. The third kappa shape index (κ3) is 8.05. The molecule has 2 aromatic rings. The predicted molar refractivity (Wildman–Crippen MR) is 116 cm³/mol. The predicted octanol–water partition coefficient (Wildman–Crippen LogP) is 2.23. The van der Waals surface area contributed by atoms with E-state index >= 15 is 0 Å². The van der Waals surface area contributed by atoms with E-state index in [0.717, 1.165) is 0 Å². The van der Waals surface area contributed by atoms with E-state index in [2.05, 4.69) is 0 Å². The van der Waals surface area contributed by atoms with Gasteiger partial charge in [0.15, 0.2) is 6.10 Å². The average Bonchev–Trinajstić information content (AvgIpc) is 2.83. The highest BCUT2D eigenvalue weighted by molar-refractivity contribution is 5.89. The van der Waals surface area contributed by atoms with E-state index in [-0.39, 0.29) is 19.8 Å². The van der Waals surface area contributed by atoms with Crippen molar-refractivity contribution in [3.05, 3.63) is 71.8 Å². The maximum atomic E-state index is 12.6. The molecule has 2 aromatic carbocycles. The molecule has 0 radical (unpaired) electrons. The monoisotopic (exact) mass is 446 g/mol. The van der Waals surface area contributed by atoms with E-state index < -0.39 is 43.0 Å². The molecule has 8 heteroatoms. The van der Waals surface area contributed by atoms with Crippen LogP contribution in [0, 0.1) is 0 Å². The largest absolute Gasteiger partial charge is 0.457 e. The number of hydrogen-bond donors (Lipinski definition) is 2. The highest BCUT2D eigenvalue weighted by Gasteiger charge is 2.32. The number of carbonyl (C=O) groups excluding carboxylic acids is 2. The molecule has 0 aliphatic rings. The minimum absolute atomic E-state index is 0.0390. The molecule has 0 fully saturated rings. The van der Waals surface area contributed by atoms with Crippen LogP contribution in [0.1, 0.15) is 34.6 Å². The van der Waals surface area contributed by atoms with Gasteiger partial charge in [0.25, 0.3) is 0 Å². The number of ether oxygens (including phenoxy) is 4. The minimum Gasteiger partial charge on any atom is -0.457 e. The second-order valence-corrected chi connectivity index (χ2v) is 7.17. The van der Waals surface area contributed by atoms with Gasteiger partial charge in [-0.25, -0.2) is 9.59 Å². The normalized spacial score (nSPS) is 14.8. The molecule has 4 atom stereocenters. The molecule has 174 valence electrons. The fraction of sp³-hybridized carbons (Fsp3) is 0.417. The molecule has 0 aliphatic carbocycles. The van der Waals surface area contributed by atoms with Crippen LogP contribution in [0.25, 0.3) is 0 Å². The lowest BCUT2D eigenvalue weighted by molar-refractivity contribution is -0.134. The maximum absolute atomic E-state index is 12.6. The Hall–Kier alpha value is -2.78. The van der Waals surface area contributed by atoms with Gasteiger partial charge in [0.1, 0.15) is 12.2 Å². The summed E-state index contributed by atoms with van der Waals surface area (Å²) in [5.74, 6) is -1.07. The van der Waals surface area contributed by atoms with Gasteiger partial charge in [0.05, 0.1) is 43.7 Å². The molecule has 2 rings (SSSR count). The summed E-state index contributed by atoms with van der Waals surface area (Å²) in [6.07, 6.45) is -3.14. The molecule has 2 N–H and O–H groups in total. The minimum atomic E-state index is -0.962. The molecule has 0 aliphatic heterocycles. The van der Waals surface area contributed by atoms with E-state index in [0.29, 0.717) is 11.1 Å². The average molecular weight is 446 g/mol. The van der Waals surface area contributed by atoms with Gasteiger partial charge >= 0.3 is 11.9 Å². The van der Waals surface area contributed by atoms with E-state index in [4.69, 9.17) is 24.1 Å². The van der Waals surface area contributed by atoms with E-state index in [1.165, 1.54) is 0 Å². The van der Waals surface area contributed by atoms with Crippen LogP contribution in [0.4, 0.5) is 0 Å². The van der Waals surface area contributed by atoms with E-state index in [1.54, 1.807) is 74.5 Å². The van der Waals surface area contributed by atoms with Crippen LogP contribution < -0.4 is 0 Å². The second-order valence-electron chi connectivity index (χ2n) is 7.17. The van der Waals surface area contributed by atoms with Gasteiger partial charge in [0.2, 0.25) is 0 Å². The number of benzene rings is 2. The molecule has 8 nitrogen and oxygen atoms in total. The van der Waals surface area contributed by atoms with Crippen LogP contribution in [0.3, 0.4) is 0 Å². The molecule has 4 unspecified atom stereocenters. The van der Waals surface area contributed by atoms with Gasteiger partial charge in [-0.15, -0.1) is 0 Å². The van der Waals surface area contributed by atoms with Crippen molar-refractivity contribution in [3.8, 4) is 0 Å². The molecular formula is C24H30O8. The van der Waals surface area contributed by atoms with Crippen molar-refractivity contribution in [1.29, 1.82) is 0 Å². The van der Waals surface area contributed by atoms with E-state index in [9.17, 15) is 14.7 Å². The number of carbonyl (C=O) groups is 2. The highest BCUT2D eigenvalue weighted by atomic mass is 16.6. The van der Waals surface area contributed by atoms with Gasteiger partial charge < -0.3 is 29.2 Å². The van der Waals surface area contributed by atoms with Crippen molar-refractivity contribution in [3.63, 3.8) is 0 Å². The van der Waals surface area contributed by atoms with Crippen LogP contribution >= 0.6 is 0 Å². The summed E-state index contributed by atoms with van der Waals surface area (Å²) in [4.78, 5) is 24.7. The maximum Gasteiger partial charge on any atom is 0.338 e. The zero-order chi connectivity index (χ0) is 23.3. The van der Waals surface area contributed by atoms with Crippen molar-refractivity contribution in [2.24, 2.45) is 0 Å². The van der Waals surface area contributed by atoms with Gasteiger partial charge in [-0.3, -0.25) is 0 Å². The zero-order valence-electron chi connectivity index (χ0n) is 18.3. The van der Waals surface area contributed by atoms with Crippen molar-refractivity contribution in [2.75, 3.05) is 26.4 Å². The molecular weight excluding hydrogens is 416 g/mol. The molecule has 0 bridgehead atoms. The van der Waals surface area contributed by atoms with Crippen molar-refractivity contribution >= 4 is 11.9 Å². The van der Waals surface area contributed by atoms with Crippen molar-refractivity contribution in [1.82, 2.24) is 0 Å². The Kier molecular flexibility index (Phi) is 10.8. The Labute approximate surface area is 187 Å². The molecule has 0 spiro atoms. The summed E-state index contributed by atoms with van der Waals surface area (Å²) in [6.45, 7) is 2.65. The van der Waals surface area contributed by atoms with Crippen LogP contribution in [0.15, 0.2) is 60.7 Å². The van der Waals surface area contributed by atoms with Crippen molar-refractivity contribution in [2.45, 2.75) is 38.3 Å². The smallest absolute Gasteiger partial charge is 0.338 e. The summed E-state index contributed by atoms with van der Waals surface area (Å²) >= 11 is 0. The van der Waals surface area contributed by atoms with Crippen LogP contribution in [-0.4, -0.2) is 73.0 Å². The second kappa shape index (κ2) is 13.6. The Balaban J connectivity index is 2.00. The third-order valence-corrected chi connectivity index (χ3v) is 4.60. The van der Waals surface area contributed by atoms with E-state index in [1.807, 2.05) is 0 Å². The highest BCUT2D eigenvalue weighted by Crippen LogP contribution is 2.16. The lowest BCUT2D eigenvalue weighted by atomic mass is 10.1. The van der Waals surface area contributed by atoms with Gasteiger partial charge in [-0.05, 0) is 38.1 Å². The van der Waals surface area contributed by atoms with Crippen LogP contribution in [-0.2, 0) is 18.9 Å². The zero-order valence-corrected chi connectivity index (χ0v) is 18.3. The van der Waals surface area contributed by atoms with Crippen LogP contribution in [0.2, 0.25) is 0 Å². The first-order valence-corrected chi connectivity index (χ1v) is 10.4. The lowest BCUT2D eigenvalue weighted by Crippen LogP contribution is -2.45. The molecule has 0 heterocycles. The summed E-state index contributed by atoms with van der Waals surface area (Å²) < 4.78 is 22.2. The number of rotatable bonds is 13. The summed E-state index contributed by atoms with van der Waals surface area (Å²) in [6, 6.07) is 17.0. The first-order chi connectivity index (χ1) is 15.5. The third-order valence-electron chi connectivity index (χ3n) is 4.60. The number of hydrogen-bond acceptors (Lipinski definition) is 8. The summed E-state index contributed by atoms with van der Waals surface area (Å²) in [5.41, 5.74) is 0.772. The molecule has 0 aromatic heterocycles. The van der Waals surface area contributed by atoms with Crippen molar-refractivity contribution < 1.29 is 38.7 Å². The quantitative estimate of drug-likeness (QED) is 0.451.